The van der Waals surface area contributed by atoms with E-state index in [2.05, 4.69) is 34.6 Å². The Labute approximate surface area is 279 Å². The fourth-order valence-corrected chi connectivity index (χ4v) is 13.0. The van der Waals surface area contributed by atoms with Crippen LogP contribution in [0, 0.1) is 44.8 Å². The van der Waals surface area contributed by atoms with E-state index in [1.807, 2.05) is 0 Å². The van der Waals surface area contributed by atoms with Crippen LogP contribution >= 0.6 is 0 Å². The number of aliphatic hydroxyl groups excluding tert-OH is 4. The molecule has 0 amide bonds. The van der Waals surface area contributed by atoms with Crippen LogP contribution in [0.5, 0.6) is 0 Å². The van der Waals surface area contributed by atoms with Gasteiger partial charge in [0.25, 0.3) is 0 Å². The van der Waals surface area contributed by atoms with Gasteiger partial charge in [0.15, 0.2) is 12.4 Å². The van der Waals surface area contributed by atoms with Crippen molar-refractivity contribution in [2.24, 2.45) is 44.8 Å². The van der Waals surface area contributed by atoms with Crippen LogP contribution in [0.3, 0.4) is 0 Å². The van der Waals surface area contributed by atoms with Crippen molar-refractivity contribution in [3.05, 3.63) is 11.3 Å². The van der Waals surface area contributed by atoms with E-state index >= 15 is 0 Å². The van der Waals surface area contributed by atoms with Gasteiger partial charge in [-0.25, -0.2) is 0 Å². The second kappa shape index (κ2) is 10.6. The maximum atomic E-state index is 12.5. The molecule has 2 aliphatic heterocycles. The van der Waals surface area contributed by atoms with Crippen molar-refractivity contribution in [2.75, 3.05) is 6.61 Å². The molecule has 1 unspecified atom stereocenters. The molecule has 7 aliphatic rings. The lowest BCUT2D eigenvalue weighted by Gasteiger charge is -2.63. The van der Waals surface area contributed by atoms with Crippen molar-refractivity contribution in [2.45, 2.75) is 161 Å². The minimum Gasteiger partial charge on any atom is -0.488 e. The molecule has 10 nitrogen and oxygen atoms in total. The fourth-order valence-electron chi connectivity index (χ4n) is 13.0. The van der Waals surface area contributed by atoms with E-state index in [1.54, 1.807) is 13.8 Å². The quantitative estimate of drug-likeness (QED) is 0.218. The van der Waals surface area contributed by atoms with Gasteiger partial charge in [0.1, 0.15) is 36.3 Å². The van der Waals surface area contributed by atoms with Crippen LogP contribution in [0.2, 0.25) is 0 Å². The number of carbonyl (C=O) groups excluding carboxylic acids is 1. The Morgan fingerprint density at radius 2 is 1.62 bits per heavy atom. The van der Waals surface area contributed by atoms with E-state index in [9.17, 15) is 30.3 Å². The third-order valence-electron chi connectivity index (χ3n) is 15.3. The maximum absolute atomic E-state index is 12.5. The summed E-state index contributed by atoms with van der Waals surface area (Å²) in [6, 6.07) is 0. The highest BCUT2D eigenvalue weighted by Gasteiger charge is 2.83. The van der Waals surface area contributed by atoms with Crippen molar-refractivity contribution in [3.8, 4) is 0 Å². The molecule has 0 aromatic heterocycles. The number of hydrogen-bond donors (Lipinski definition) is 5. The summed E-state index contributed by atoms with van der Waals surface area (Å²) in [5, 5.41) is 54.3. The van der Waals surface area contributed by atoms with Crippen molar-refractivity contribution in [1.82, 2.24) is 0 Å². The Kier molecular flexibility index (Phi) is 7.73. The van der Waals surface area contributed by atoms with Gasteiger partial charge in [0, 0.05) is 17.8 Å². The van der Waals surface area contributed by atoms with E-state index in [0.29, 0.717) is 24.0 Å². The molecular formula is C37H58O10. The molecule has 5 fully saturated rings. The summed E-state index contributed by atoms with van der Waals surface area (Å²) in [6.45, 7) is 16.0. The first-order chi connectivity index (χ1) is 21.8. The number of carbonyl (C=O) groups is 1. The third kappa shape index (κ3) is 4.43. The van der Waals surface area contributed by atoms with Gasteiger partial charge in [-0.2, -0.15) is 0 Å². The van der Waals surface area contributed by atoms with E-state index in [0.717, 1.165) is 44.9 Å². The number of rotatable bonds is 5. The van der Waals surface area contributed by atoms with Gasteiger partial charge in [-0.1, -0.05) is 34.6 Å². The van der Waals surface area contributed by atoms with Gasteiger partial charge in [-0.05, 0) is 105 Å². The second-order valence-corrected chi connectivity index (χ2v) is 18.2. The molecule has 47 heavy (non-hydrogen) atoms. The molecule has 0 radical (unpaired) electrons. The molecule has 5 N–H and O–H groups in total. The topological polar surface area (TPSA) is 155 Å². The molecule has 0 bridgehead atoms. The highest BCUT2D eigenvalue weighted by Crippen LogP contribution is 2.89. The van der Waals surface area contributed by atoms with Crippen LogP contribution in [0.1, 0.15) is 107 Å². The van der Waals surface area contributed by atoms with E-state index in [4.69, 9.17) is 18.9 Å². The summed E-state index contributed by atoms with van der Waals surface area (Å²) in [5.74, 6) is 1.00. The predicted octanol–water partition coefficient (Wildman–Crippen LogP) is 3.60. The molecule has 0 aromatic carbocycles. The first-order valence-corrected chi connectivity index (χ1v) is 18.1. The van der Waals surface area contributed by atoms with Crippen molar-refractivity contribution in [1.29, 1.82) is 0 Å². The Morgan fingerprint density at radius 1 is 0.957 bits per heavy atom. The lowest BCUT2D eigenvalue weighted by molar-refractivity contribution is -0.303. The van der Waals surface area contributed by atoms with Gasteiger partial charge in [0.2, 0.25) is 0 Å². The second-order valence-electron chi connectivity index (χ2n) is 18.2. The number of ether oxygens (including phenoxy) is 4. The fraction of sp³-hybridized carbons (Fsp3) is 0.919. The van der Waals surface area contributed by atoms with Gasteiger partial charge >= 0.3 is 5.97 Å². The molecule has 1 saturated heterocycles. The van der Waals surface area contributed by atoms with Crippen LogP contribution in [-0.2, 0) is 23.7 Å². The van der Waals surface area contributed by atoms with Crippen LogP contribution < -0.4 is 0 Å². The van der Waals surface area contributed by atoms with Gasteiger partial charge in [0.05, 0.1) is 18.3 Å². The standard InChI is InChI=1S/C37H58O10/c1-18-15-21(30(33(5,6)43)45-19(2)38)46-28-25(18)34(7)13-14-37-17-36(37)12-11-24(47-31-27(41)26(40)20(39)16-44-31)32(3,4)22(36)9-10-23(37)35(34,8)29(28)42/h18,20-24,26-27,29-31,39-43H,9-17H2,1-8H3/t18-,20-,21-,22+,23+,24+,26+,27?,29+,30-,31+,34-,35-,36-,37+/m1/s1. The molecule has 266 valence electrons. The maximum Gasteiger partial charge on any atom is 0.303 e. The molecule has 10 heteroatoms. The normalized spacial score (nSPS) is 52.2. The minimum absolute atomic E-state index is 0.0723. The highest BCUT2D eigenvalue weighted by molar-refractivity contribution is 5.66. The number of allylic oxidation sites excluding steroid dienone is 1. The lowest BCUT2D eigenvalue weighted by atomic mass is 9.41. The summed E-state index contributed by atoms with van der Waals surface area (Å²) in [5.41, 5.74) is -0.669. The summed E-state index contributed by atoms with van der Waals surface area (Å²) in [6.07, 6.45) is 0.627. The number of fused-ring (bicyclic) bond motifs is 3. The molecule has 5 aliphatic carbocycles. The number of aliphatic hydroxyl groups is 5. The number of hydrogen-bond acceptors (Lipinski definition) is 10. The van der Waals surface area contributed by atoms with E-state index in [1.165, 1.54) is 12.5 Å². The highest BCUT2D eigenvalue weighted by atomic mass is 16.7. The molecule has 7 rings (SSSR count). The monoisotopic (exact) mass is 662 g/mol. The summed E-state index contributed by atoms with van der Waals surface area (Å²) in [7, 11) is 0. The lowest BCUT2D eigenvalue weighted by Crippen LogP contribution is -2.61. The molecular weight excluding hydrogens is 604 g/mol. The molecule has 2 heterocycles. The zero-order valence-corrected chi connectivity index (χ0v) is 29.5. The molecule has 15 atom stereocenters. The first kappa shape index (κ1) is 34.2. The van der Waals surface area contributed by atoms with E-state index in [-0.39, 0.29) is 40.3 Å². The van der Waals surface area contributed by atoms with Gasteiger partial charge in [-0.15, -0.1) is 0 Å². The van der Waals surface area contributed by atoms with Crippen LogP contribution in [-0.4, -0.2) is 92.7 Å². The van der Waals surface area contributed by atoms with Crippen LogP contribution in [0.15, 0.2) is 11.3 Å². The van der Waals surface area contributed by atoms with Crippen molar-refractivity contribution < 1.29 is 49.3 Å². The van der Waals surface area contributed by atoms with Crippen LogP contribution in [0.4, 0.5) is 0 Å². The largest absolute Gasteiger partial charge is 0.488 e. The third-order valence-corrected chi connectivity index (χ3v) is 15.3. The van der Waals surface area contributed by atoms with Crippen LogP contribution in [0.25, 0.3) is 0 Å². The Hall–Kier alpha value is -1.27. The minimum atomic E-state index is -1.31. The number of esters is 1. The zero-order valence-electron chi connectivity index (χ0n) is 29.5. The molecule has 0 aromatic rings. The predicted molar refractivity (Wildman–Crippen MR) is 170 cm³/mol. The van der Waals surface area contributed by atoms with Crippen molar-refractivity contribution in [3.63, 3.8) is 0 Å². The smallest absolute Gasteiger partial charge is 0.303 e. The Bertz CT molecular complexity index is 1320. The Morgan fingerprint density at radius 3 is 2.28 bits per heavy atom. The summed E-state index contributed by atoms with van der Waals surface area (Å²) < 4.78 is 24.4. The average Bonchev–Trinajstić information content (AvgIpc) is 3.61. The average molecular weight is 663 g/mol. The zero-order chi connectivity index (χ0) is 34.3. The Balaban J connectivity index is 1.15. The van der Waals surface area contributed by atoms with Gasteiger partial charge < -0.3 is 44.5 Å². The molecule has 4 saturated carbocycles. The van der Waals surface area contributed by atoms with Crippen molar-refractivity contribution >= 4 is 5.97 Å². The van der Waals surface area contributed by atoms with Gasteiger partial charge in [-0.3, -0.25) is 4.79 Å². The van der Waals surface area contributed by atoms with E-state index < -0.39 is 59.9 Å². The summed E-state index contributed by atoms with van der Waals surface area (Å²) >= 11 is 0. The summed E-state index contributed by atoms with van der Waals surface area (Å²) in [4.78, 5) is 12.0. The molecule has 2 spiro atoms. The first-order valence-electron chi connectivity index (χ1n) is 18.1. The SMILES string of the molecule is CC(=O)O[C@H]([C@H]1C[C@@H](C)C2=C(O1)[C@H](O)[C@@]1(C)[C@@H]3CC[C@H]4C(C)(C)[C@@H](O[C@@H]5OC[C@@H](O)[C@H](O)C5O)CC[C@@]45C[C@@]35CC[C@]21C)C(C)(C)O.